The highest BCUT2D eigenvalue weighted by Gasteiger charge is 2.15. The molecule has 0 N–H and O–H groups in total. The average molecular weight is 771 g/mol. The van der Waals surface area contributed by atoms with Crippen molar-refractivity contribution in [1.29, 1.82) is 0 Å². The van der Waals surface area contributed by atoms with Crippen LogP contribution in [-0.2, 0) is 11.2 Å². The second-order valence-electron chi connectivity index (χ2n) is 13.3. The van der Waals surface area contributed by atoms with Gasteiger partial charge in [-0.25, -0.2) is 0 Å². The molecule has 0 saturated heterocycles. The van der Waals surface area contributed by atoms with Gasteiger partial charge in [0.2, 0.25) is 0 Å². The molecule has 0 aliphatic heterocycles. The van der Waals surface area contributed by atoms with Gasteiger partial charge in [-0.2, -0.15) is 0 Å². The van der Waals surface area contributed by atoms with Crippen molar-refractivity contribution in [2.75, 3.05) is 17.6 Å². The van der Waals surface area contributed by atoms with Gasteiger partial charge in [-0.1, -0.05) is 122 Å². The fourth-order valence-electron chi connectivity index (χ4n) is 7.35. The molecule has 4 heteroatoms. The molecule has 2 heterocycles. The van der Waals surface area contributed by atoms with E-state index in [0.29, 0.717) is 0 Å². The van der Waals surface area contributed by atoms with Crippen LogP contribution in [0.5, 0.6) is 0 Å². The molecule has 0 aliphatic carbocycles. The lowest BCUT2D eigenvalue weighted by molar-refractivity contribution is 0.127. The topological polar surface area (TPSA) is 19.1 Å². The zero-order valence-electron chi connectivity index (χ0n) is 29.4. The van der Waals surface area contributed by atoms with Crippen LogP contribution in [-0.4, -0.2) is 26.8 Å². The number of ether oxygens (including phenoxy) is 1. The first-order valence-corrected chi connectivity index (χ1v) is 19.8. The van der Waals surface area contributed by atoms with Crippen molar-refractivity contribution in [2.24, 2.45) is 0 Å². The number of hydrogen-bond donors (Lipinski definition) is 0. The van der Waals surface area contributed by atoms with E-state index in [2.05, 4.69) is 173 Å². The molecule has 2 aromatic heterocycles. The minimum Gasteiger partial charge on any atom is -0.381 e. The van der Waals surface area contributed by atoms with Gasteiger partial charge in [-0.3, -0.25) is 0 Å². The lowest BCUT2D eigenvalue weighted by atomic mass is 10.0. The third-order valence-electron chi connectivity index (χ3n) is 10.0. The first-order chi connectivity index (χ1) is 24.7. The Kier molecular flexibility index (Phi) is 11.2. The van der Waals surface area contributed by atoms with E-state index in [4.69, 9.17) is 4.74 Å². The molecular weight excluding hydrogens is 723 g/mol. The fraction of sp³-hybridized carbons (Fsp3) is 0.261. The van der Waals surface area contributed by atoms with Crippen LogP contribution in [0, 0.1) is 6.92 Å². The van der Waals surface area contributed by atoms with Crippen molar-refractivity contribution in [3.8, 4) is 22.5 Å². The Labute approximate surface area is 310 Å². The summed E-state index contributed by atoms with van der Waals surface area (Å²) in [5.41, 5.74) is 12.5. The first-order valence-electron chi connectivity index (χ1n) is 18.3. The number of aromatic nitrogens is 2. The number of benzene rings is 5. The van der Waals surface area contributed by atoms with Gasteiger partial charge < -0.3 is 13.9 Å². The summed E-state index contributed by atoms with van der Waals surface area (Å²) in [6.07, 6.45) is 12.9. The smallest absolute Gasteiger partial charge is 0.0541 e. The minimum absolute atomic E-state index is 0.905. The molecular formula is C46H47IN2O. The molecule has 0 aliphatic rings. The van der Waals surface area contributed by atoms with Crippen molar-refractivity contribution >= 4 is 61.4 Å². The monoisotopic (exact) mass is 770 g/mol. The third kappa shape index (κ3) is 7.19. The molecule has 5 aromatic carbocycles. The number of halogens is 1. The summed E-state index contributed by atoms with van der Waals surface area (Å²) >= 11 is 2.41. The van der Waals surface area contributed by atoms with Crippen molar-refractivity contribution in [3.05, 3.63) is 138 Å². The van der Waals surface area contributed by atoms with Gasteiger partial charge in [-0.05, 0) is 109 Å². The Balaban J connectivity index is 1.10. The normalized spacial score (nSPS) is 11.9. The number of hydrogen-bond acceptors (Lipinski definition) is 1. The Hall–Kier alpha value is -4.13. The van der Waals surface area contributed by atoms with Crippen LogP contribution in [0.3, 0.4) is 0 Å². The molecule has 0 saturated carbocycles. The van der Waals surface area contributed by atoms with Gasteiger partial charge in [0.15, 0.2) is 0 Å². The number of allylic oxidation sites excluding steroid dienone is 1. The van der Waals surface area contributed by atoms with E-state index in [1.165, 1.54) is 111 Å². The second-order valence-corrected chi connectivity index (χ2v) is 14.2. The molecule has 0 radical (unpaired) electrons. The lowest BCUT2D eigenvalue weighted by Gasteiger charge is -2.12. The molecule has 7 aromatic rings. The Bertz CT molecular complexity index is 2220. The molecule has 0 unspecified atom stereocenters. The van der Waals surface area contributed by atoms with Crippen LogP contribution in [0.1, 0.15) is 62.3 Å². The Morgan fingerprint density at radius 2 is 1.20 bits per heavy atom. The van der Waals surface area contributed by atoms with Crippen LogP contribution >= 0.6 is 22.6 Å². The highest BCUT2D eigenvalue weighted by Crippen LogP contribution is 2.35. The van der Waals surface area contributed by atoms with Gasteiger partial charge in [0.25, 0.3) is 0 Å². The highest BCUT2D eigenvalue weighted by molar-refractivity contribution is 14.1. The van der Waals surface area contributed by atoms with Crippen LogP contribution in [0.4, 0.5) is 0 Å². The Morgan fingerprint density at radius 1 is 0.600 bits per heavy atom. The van der Waals surface area contributed by atoms with Crippen molar-refractivity contribution in [2.45, 2.75) is 58.8 Å². The number of alkyl halides is 1. The van der Waals surface area contributed by atoms with Gasteiger partial charge in [-0.15, -0.1) is 0 Å². The van der Waals surface area contributed by atoms with E-state index in [1.54, 1.807) is 0 Å². The number of aryl methyl sites for hydroxylation is 2. The predicted molar refractivity (Wildman–Crippen MR) is 224 cm³/mol. The SMILES string of the molecule is CCCCOCCCCCCc1ccc2c(c1)c1ccccc1n2-c1ccc(-c2ccc(-n3c(/C=C\CI)c(C)c4ccccc43)cc2)cc1. The van der Waals surface area contributed by atoms with Crippen LogP contribution in [0.2, 0.25) is 0 Å². The minimum atomic E-state index is 0.905. The van der Waals surface area contributed by atoms with E-state index in [-0.39, 0.29) is 0 Å². The molecule has 7 rings (SSSR count). The summed E-state index contributed by atoms with van der Waals surface area (Å²) in [4.78, 5) is 0. The molecule has 0 spiro atoms. The van der Waals surface area contributed by atoms with Crippen LogP contribution < -0.4 is 0 Å². The third-order valence-corrected chi connectivity index (χ3v) is 10.5. The number of fused-ring (bicyclic) bond motifs is 4. The molecule has 0 amide bonds. The molecule has 3 nitrogen and oxygen atoms in total. The molecule has 0 bridgehead atoms. The summed E-state index contributed by atoms with van der Waals surface area (Å²) in [7, 11) is 0. The summed E-state index contributed by atoms with van der Waals surface area (Å²) in [5.74, 6) is 0. The maximum Gasteiger partial charge on any atom is 0.0541 e. The van der Waals surface area contributed by atoms with Crippen LogP contribution in [0.15, 0.2) is 121 Å². The predicted octanol–water partition coefficient (Wildman–Crippen LogP) is 13.1. The van der Waals surface area contributed by atoms with Gasteiger partial charge in [0.05, 0.1) is 16.6 Å². The highest BCUT2D eigenvalue weighted by atomic mass is 127. The van der Waals surface area contributed by atoms with Gasteiger partial charge in [0.1, 0.15) is 0 Å². The molecule has 0 atom stereocenters. The number of unbranched alkanes of at least 4 members (excludes halogenated alkanes) is 4. The van der Waals surface area contributed by atoms with Crippen molar-refractivity contribution in [1.82, 2.24) is 9.13 Å². The molecule has 50 heavy (non-hydrogen) atoms. The summed E-state index contributed by atoms with van der Waals surface area (Å²) < 4.78 is 11.5. The van der Waals surface area contributed by atoms with E-state index in [9.17, 15) is 0 Å². The van der Waals surface area contributed by atoms with Crippen molar-refractivity contribution < 1.29 is 4.74 Å². The fourth-order valence-corrected chi connectivity index (χ4v) is 7.60. The first kappa shape index (κ1) is 34.3. The lowest BCUT2D eigenvalue weighted by Crippen LogP contribution is -1.97. The summed E-state index contributed by atoms with van der Waals surface area (Å²) in [5, 5.41) is 3.95. The maximum absolute atomic E-state index is 5.74. The number of nitrogens with zero attached hydrogens (tertiary/aromatic N) is 2. The largest absolute Gasteiger partial charge is 0.381 e. The molecule has 254 valence electrons. The van der Waals surface area contributed by atoms with E-state index >= 15 is 0 Å². The van der Waals surface area contributed by atoms with Crippen LogP contribution in [0.25, 0.3) is 61.3 Å². The summed E-state index contributed by atoms with van der Waals surface area (Å²) in [6, 6.07) is 42.7. The Morgan fingerprint density at radius 3 is 1.90 bits per heavy atom. The zero-order chi connectivity index (χ0) is 34.3. The second kappa shape index (κ2) is 16.3. The molecule has 0 fully saturated rings. The standard InChI is InChI=1S/C46H47IN2O/c1-3-4-31-50-32-12-6-5-7-14-35-20-29-46-42(33-35)41-16-9-11-18-45(41)49(46)39-27-23-37(24-28-39)36-21-25-38(26-22-36)48-43(19-13-30-47)34(2)40-15-8-10-17-44(40)48/h8-11,13,15-29,33H,3-7,12,14,30-32H2,1-2H3/b19-13-. The number of rotatable bonds is 15. The van der Waals surface area contributed by atoms with E-state index in [1.807, 2.05) is 0 Å². The zero-order valence-corrected chi connectivity index (χ0v) is 31.5. The van der Waals surface area contributed by atoms with Gasteiger partial charge in [0, 0.05) is 50.9 Å². The van der Waals surface area contributed by atoms with Gasteiger partial charge >= 0.3 is 0 Å². The van der Waals surface area contributed by atoms with E-state index in [0.717, 1.165) is 24.1 Å². The number of para-hydroxylation sites is 2. The van der Waals surface area contributed by atoms with Crippen molar-refractivity contribution in [3.63, 3.8) is 0 Å². The average Bonchev–Trinajstić information content (AvgIpc) is 3.64. The van der Waals surface area contributed by atoms with E-state index < -0.39 is 0 Å². The maximum atomic E-state index is 5.74. The quantitative estimate of drug-likeness (QED) is 0.0577. The summed E-state index contributed by atoms with van der Waals surface area (Å²) in [6.45, 7) is 6.26.